The standard InChI is InChI=1S/C29H34N6O5S/c1-34-13-5-8-24(34)28(38)35-17-20(32-29(39)31-19-6-4-7-22(15-19)41-3)16-25(35)27(37)33-23(26(30)36)14-18-9-11-21(40-2)12-10-18/h4-13,15,20,23,25H,14,16-17H2,1-3H3,(H2,30,36)(H,33,37)(H2,31,32,39)/t20-,23-,25-/m0/s1. The van der Waals surface area contributed by atoms with Crippen molar-refractivity contribution in [3.8, 4) is 5.75 Å². The first kappa shape index (κ1) is 29.5. The summed E-state index contributed by atoms with van der Waals surface area (Å²) in [7, 11) is 3.29. The van der Waals surface area contributed by atoms with Gasteiger partial charge in [-0.1, -0.05) is 18.2 Å². The number of nitrogens with zero attached hydrogens (tertiary/aromatic N) is 2. The number of ether oxygens (including phenoxy) is 1. The number of likely N-dealkylation sites (tertiary alicyclic amines) is 1. The third kappa shape index (κ3) is 7.40. The number of primary amides is 1. The Hall–Kier alpha value is -4.45. The molecule has 0 saturated carbocycles. The van der Waals surface area contributed by atoms with Crippen molar-refractivity contribution in [2.75, 3.05) is 25.2 Å². The fraction of sp³-hybridized carbons (Fsp3) is 0.310. The van der Waals surface area contributed by atoms with Crippen LogP contribution in [0.2, 0.25) is 0 Å². The number of amides is 5. The van der Waals surface area contributed by atoms with Gasteiger partial charge in [-0.2, -0.15) is 0 Å². The zero-order chi connectivity index (χ0) is 29.5. The van der Waals surface area contributed by atoms with Gasteiger partial charge >= 0.3 is 6.03 Å². The maximum Gasteiger partial charge on any atom is 0.319 e. The molecule has 1 saturated heterocycles. The fourth-order valence-corrected chi connectivity index (χ4v) is 5.24. The first-order valence-electron chi connectivity index (χ1n) is 13.0. The van der Waals surface area contributed by atoms with Crippen LogP contribution < -0.4 is 26.4 Å². The smallest absolute Gasteiger partial charge is 0.319 e. The Balaban J connectivity index is 1.49. The Morgan fingerprint density at radius 3 is 2.49 bits per heavy atom. The SMILES string of the molecule is COc1ccc(C[C@H](NC(=O)[C@@H]2C[C@H](NC(=O)Nc3cccc(SC)c3)CN2C(=O)c2cccn2C)C(N)=O)cc1. The highest BCUT2D eigenvalue weighted by atomic mass is 32.2. The molecule has 0 radical (unpaired) electrons. The molecule has 0 spiro atoms. The van der Waals surface area contributed by atoms with Crippen LogP contribution in [0, 0.1) is 0 Å². The predicted octanol–water partition coefficient (Wildman–Crippen LogP) is 2.37. The van der Waals surface area contributed by atoms with Crippen LogP contribution in [0.1, 0.15) is 22.5 Å². The second kappa shape index (κ2) is 13.3. The topological polar surface area (TPSA) is 148 Å². The van der Waals surface area contributed by atoms with E-state index in [4.69, 9.17) is 10.5 Å². The first-order chi connectivity index (χ1) is 19.7. The van der Waals surface area contributed by atoms with E-state index in [-0.39, 0.29) is 25.3 Å². The Bertz CT molecular complexity index is 1410. The number of rotatable bonds is 10. The van der Waals surface area contributed by atoms with Crippen molar-refractivity contribution >= 4 is 41.2 Å². The number of thioether (sulfide) groups is 1. The molecule has 12 heteroatoms. The van der Waals surface area contributed by atoms with Gasteiger partial charge in [-0.05, 0) is 60.7 Å². The van der Waals surface area contributed by atoms with Crippen LogP contribution in [0.3, 0.4) is 0 Å². The van der Waals surface area contributed by atoms with Gasteiger partial charge in [-0.3, -0.25) is 14.4 Å². The molecule has 4 rings (SSSR count). The number of aromatic nitrogens is 1. The monoisotopic (exact) mass is 578 g/mol. The lowest BCUT2D eigenvalue weighted by molar-refractivity contribution is -0.129. The van der Waals surface area contributed by atoms with Crippen molar-refractivity contribution in [3.63, 3.8) is 0 Å². The number of urea groups is 1. The first-order valence-corrected chi connectivity index (χ1v) is 14.3. The predicted molar refractivity (Wildman–Crippen MR) is 157 cm³/mol. The molecule has 0 aliphatic carbocycles. The molecule has 1 aromatic heterocycles. The number of hydrogen-bond acceptors (Lipinski definition) is 6. The van der Waals surface area contributed by atoms with Crippen LogP contribution in [0.25, 0.3) is 0 Å². The molecule has 2 aromatic carbocycles. The van der Waals surface area contributed by atoms with Gasteiger partial charge in [-0.15, -0.1) is 11.8 Å². The van der Waals surface area contributed by atoms with Crippen LogP contribution in [-0.4, -0.2) is 71.3 Å². The van der Waals surface area contributed by atoms with Crippen LogP contribution >= 0.6 is 11.8 Å². The summed E-state index contributed by atoms with van der Waals surface area (Å²) in [6, 6.07) is 15.0. The third-order valence-corrected chi connectivity index (χ3v) is 7.67. The van der Waals surface area contributed by atoms with Crippen molar-refractivity contribution in [1.29, 1.82) is 0 Å². The van der Waals surface area contributed by atoms with E-state index in [1.165, 1.54) is 4.90 Å². The quantitative estimate of drug-likeness (QED) is 0.272. The van der Waals surface area contributed by atoms with Gasteiger partial charge in [0.2, 0.25) is 11.8 Å². The molecule has 1 aliphatic rings. The van der Waals surface area contributed by atoms with Gasteiger partial charge in [0.05, 0.1) is 13.2 Å². The highest BCUT2D eigenvalue weighted by Crippen LogP contribution is 2.23. The summed E-state index contributed by atoms with van der Waals surface area (Å²) in [5.74, 6) is -0.925. The van der Waals surface area contributed by atoms with E-state index >= 15 is 0 Å². The number of carbonyl (C=O) groups excluding carboxylic acids is 4. The number of aryl methyl sites for hydroxylation is 1. The molecular weight excluding hydrogens is 544 g/mol. The Labute approximate surface area is 242 Å². The summed E-state index contributed by atoms with van der Waals surface area (Å²) >= 11 is 1.56. The van der Waals surface area contributed by atoms with Gasteiger partial charge in [0.15, 0.2) is 0 Å². The van der Waals surface area contributed by atoms with E-state index in [1.54, 1.807) is 79.1 Å². The van der Waals surface area contributed by atoms with Gasteiger partial charge in [-0.25, -0.2) is 4.79 Å². The van der Waals surface area contributed by atoms with E-state index < -0.39 is 36.0 Å². The van der Waals surface area contributed by atoms with Crippen LogP contribution in [0.4, 0.5) is 10.5 Å². The highest BCUT2D eigenvalue weighted by Gasteiger charge is 2.42. The van der Waals surface area contributed by atoms with Gasteiger partial charge < -0.3 is 35.9 Å². The van der Waals surface area contributed by atoms with E-state index in [2.05, 4.69) is 16.0 Å². The minimum absolute atomic E-state index is 0.111. The molecule has 2 heterocycles. The van der Waals surface area contributed by atoms with Crippen LogP contribution in [0.5, 0.6) is 5.75 Å². The van der Waals surface area contributed by atoms with Crippen molar-refractivity contribution in [1.82, 2.24) is 20.1 Å². The lowest BCUT2D eigenvalue weighted by Crippen LogP contribution is -2.53. The third-order valence-electron chi connectivity index (χ3n) is 6.95. The summed E-state index contributed by atoms with van der Waals surface area (Å²) < 4.78 is 6.84. The molecule has 1 fully saturated rings. The number of nitrogens with two attached hydrogens (primary N) is 1. The number of methoxy groups -OCH3 is 1. The maximum absolute atomic E-state index is 13.5. The number of nitrogens with one attached hydrogen (secondary N) is 3. The Morgan fingerprint density at radius 2 is 1.85 bits per heavy atom. The average molecular weight is 579 g/mol. The van der Waals surface area contributed by atoms with Gasteiger partial charge in [0.25, 0.3) is 5.91 Å². The van der Waals surface area contributed by atoms with E-state index in [1.807, 2.05) is 24.5 Å². The Morgan fingerprint density at radius 1 is 1.10 bits per heavy atom. The second-order valence-corrected chi connectivity index (χ2v) is 10.6. The molecule has 41 heavy (non-hydrogen) atoms. The number of benzene rings is 2. The zero-order valence-corrected chi connectivity index (χ0v) is 23.9. The molecule has 1 aliphatic heterocycles. The lowest BCUT2D eigenvalue weighted by Gasteiger charge is -2.26. The molecular formula is C29H34N6O5S. The van der Waals surface area contributed by atoms with Crippen LogP contribution in [-0.2, 0) is 23.1 Å². The normalized spacial score (nSPS) is 17.0. The van der Waals surface area contributed by atoms with E-state index in [0.717, 1.165) is 10.5 Å². The van der Waals surface area contributed by atoms with Crippen molar-refractivity contribution in [3.05, 3.63) is 78.1 Å². The molecule has 3 atom stereocenters. The summed E-state index contributed by atoms with van der Waals surface area (Å²) in [6.07, 6.45) is 4.01. The fourth-order valence-electron chi connectivity index (χ4n) is 4.79. The maximum atomic E-state index is 13.5. The van der Waals surface area contributed by atoms with E-state index in [0.29, 0.717) is 17.1 Å². The number of hydrogen-bond donors (Lipinski definition) is 4. The molecule has 0 bridgehead atoms. The molecule has 5 N–H and O–H groups in total. The Kier molecular flexibility index (Phi) is 9.56. The number of carbonyl (C=O) groups is 4. The van der Waals surface area contributed by atoms with Crippen molar-refractivity contribution in [2.24, 2.45) is 12.8 Å². The molecule has 11 nitrogen and oxygen atoms in total. The largest absolute Gasteiger partial charge is 0.497 e. The van der Waals surface area contributed by atoms with Gasteiger partial charge in [0, 0.05) is 36.8 Å². The molecule has 216 valence electrons. The second-order valence-electron chi connectivity index (χ2n) is 9.76. The average Bonchev–Trinajstić information content (AvgIpc) is 3.58. The van der Waals surface area contributed by atoms with Crippen molar-refractivity contribution < 1.29 is 23.9 Å². The molecule has 3 aromatic rings. The molecule has 0 unspecified atom stereocenters. The van der Waals surface area contributed by atoms with E-state index in [9.17, 15) is 19.2 Å². The summed E-state index contributed by atoms with van der Waals surface area (Å²) in [6.45, 7) is 0.111. The minimum Gasteiger partial charge on any atom is -0.497 e. The van der Waals surface area contributed by atoms with Crippen molar-refractivity contribution in [2.45, 2.75) is 35.9 Å². The molecule has 5 amide bonds. The lowest BCUT2D eigenvalue weighted by atomic mass is 10.0. The van der Waals surface area contributed by atoms with Gasteiger partial charge in [0.1, 0.15) is 23.5 Å². The summed E-state index contributed by atoms with van der Waals surface area (Å²) in [4.78, 5) is 54.6. The summed E-state index contributed by atoms with van der Waals surface area (Å²) in [5, 5.41) is 8.42. The summed E-state index contributed by atoms with van der Waals surface area (Å²) in [5.41, 5.74) is 7.44. The van der Waals surface area contributed by atoms with Crippen LogP contribution in [0.15, 0.2) is 71.8 Å². The zero-order valence-electron chi connectivity index (χ0n) is 23.1. The number of anilines is 1. The highest BCUT2D eigenvalue weighted by molar-refractivity contribution is 7.98. The minimum atomic E-state index is -0.998.